The van der Waals surface area contributed by atoms with E-state index in [0.717, 1.165) is 6.07 Å². The Kier molecular flexibility index (Phi) is 5.89. The van der Waals surface area contributed by atoms with Gasteiger partial charge in [0.2, 0.25) is 10.0 Å². The zero-order valence-electron chi connectivity index (χ0n) is 18.0. The third kappa shape index (κ3) is 4.57. The first-order valence-corrected chi connectivity index (χ1v) is 11.9. The molecule has 4 rings (SSSR count). The molecule has 0 saturated heterocycles. The van der Waals surface area contributed by atoms with Gasteiger partial charge < -0.3 is 9.30 Å². The van der Waals surface area contributed by atoms with E-state index in [2.05, 4.69) is 9.82 Å². The van der Waals surface area contributed by atoms with Crippen LogP contribution in [0, 0.1) is 5.82 Å². The SMILES string of the molecule is CCS(=O)(=O)Nc1ccc(Oc2ccc(F)cc2Cl)c(-c2cn(C)c(=O)c3cn(C)nc23)c1. The molecule has 0 amide bonds. The Labute approximate surface area is 194 Å². The summed E-state index contributed by atoms with van der Waals surface area (Å²) in [5.74, 6) is -0.0854. The van der Waals surface area contributed by atoms with Gasteiger partial charge in [-0.15, -0.1) is 0 Å². The number of anilines is 1. The first-order valence-electron chi connectivity index (χ1n) is 9.89. The average Bonchev–Trinajstić information content (AvgIpc) is 3.15. The van der Waals surface area contributed by atoms with Crippen molar-refractivity contribution in [2.45, 2.75) is 6.92 Å². The summed E-state index contributed by atoms with van der Waals surface area (Å²) in [5, 5.41) is 4.88. The van der Waals surface area contributed by atoms with E-state index >= 15 is 0 Å². The van der Waals surface area contributed by atoms with E-state index < -0.39 is 15.8 Å². The molecular weight excluding hydrogens is 471 g/mol. The second-order valence-electron chi connectivity index (χ2n) is 7.42. The van der Waals surface area contributed by atoms with Crippen molar-refractivity contribution >= 4 is 38.2 Å². The first kappa shape index (κ1) is 22.8. The number of aryl methyl sites for hydroxylation is 2. The number of halogens is 2. The summed E-state index contributed by atoms with van der Waals surface area (Å²) in [5.41, 5.74) is 1.51. The summed E-state index contributed by atoms with van der Waals surface area (Å²) in [6.45, 7) is 1.53. The Morgan fingerprint density at radius 1 is 1.09 bits per heavy atom. The molecule has 0 spiro atoms. The lowest BCUT2D eigenvalue weighted by molar-refractivity contribution is 0.482. The van der Waals surface area contributed by atoms with Crippen LogP contribution >= 0.6 is 11.6 Å². The van der Waals surface area contributed by atoms with E-state index in [-0.39, 0.29) is 22.1 Å². The number of benzene rings is 2. The van der Waals surface area contributed by atoms with E-state index in [1.807, 2.05) is 0 Å². The fraction of sp³-hybridized carbons (Fsp3) is 0.182. The van der Waals surface area contributed by atoms with Crippen LogP contribution in [0.5, 0.6) is 11.5 Å². The van der Waals surface area contributed by atoms with Crippen molar-refractivity contribution in [1.82, 2.24) is 14.3 Å². The van der Waals surface area contributed by atoms with Gasteiger partial charge >= 0.3 is 0 Å². The van der Waals surface area contributed by atoms with Crippen LogP contribution in [0.4, 0.5) is 10.1 Å². The molecule has 0 atom stereocenters. The predicted molar refractivity (Wildman–Crippen MR) is 126 cm³/mol. The summed E-state index contributed by atoms with van der Waals surface area (Å²) in [6.07, 6.45) is 3.21. The Bertz CT molecular complexity index is 1550. The molecule has 172 valence electrons. The van der Waals surface area contributed by atoms with Crippen LogP contribution < -0.4 is 15.0 Å². The predicted octanol–water partition coefficient (Wildman–Crippen LogP) is 4.29. The molecular formula is C22H20ClFN4O4S. The standard InChI is InChI=1S/C22H20ClFN4O4S/c1-4-33(30,31)26-14-6-8-19(32-20-7-5-13(24)9-18(20)23)15(10-14)16-11-27(2)22(29)17-12-28(3)25-21(16)17/h5-12,26H,4H2,1-3H3. The highest BCUT2D eigenvalue weighted by Crippen LogP contribution is 2.39. The van der Waals surface area contributed by atoms with Crippen LogP contribution in [0.25, 0.3) is 22.0 Å². The topological polar surface area (TPSA) is 95.2 Å². The Balaban J connectivity index is 1.95. The molecule has 11 heteroatoms. The van der Waals surface area contributed by atoms with Crippen molar-refractivity contribution in [3.8, 4) is 22.6 Å². The third-order valence-electron chi connectivity index (χ3n) is 4.99. The van der Waals surface area contributed by atoms with E-state index in [1.54, 1.807) is 44.7 Å². The molecule has 2 aromatic heterocycles. The minimum atomic E-state index is -3.54. The largest absolute Gasteiger partial charge is 0.455 e. The number of nitrogens with zero attached hydrogens (tertiary/aromatic N) is 3. The molecule has 0 saturated carbocycles. The quantitative estimate of drug-likeness (QED) is 0.435. The van der Waals surface area contributed by atoms with Crippen molar-refractivity contribution in [3.05, 3.63) is 70.0 Å². The van der Waals surface area contributed by atoms with Gasteiger partial charge in [-0.1, -0.05) is 11.6 Å². The van der Waals surface area contributed by atoms with Crippen molar-refractivity contribution in [2.75, 3.05) is 10.5 Å². The highest BCUT2D eigenvalue weighted by molar-refractivity contribution is 7.92. The molecule has 4 aromatic rings. The highest BCUT2D eigenvalue weighted by atomic mass is 35.5. The number of fused-ring (bicyclic) bond motifs is 1. The molecule has 33 heavy (non-hydrogen) atoms. The molecule has 0 radical (unpaired) electrons. The normalized spacial score (nSPS) is 11.7. The fourth-order valence-electron chi connectivity index (χ4n) is 3.37. The maximum atomic E-state index is 13.5. The highest BCUT2D eigenvalue weighted by Gasteiger charge is 2.19. The number of rotatable bonds is 6. The van der Waals surface area contributed by atoms with Crippen LogP contribution in [0.1, 0.15) is 6.92 Å². The van der Waals surface area contributed by atoms with Crippen LogP contribution in [0.3, 0.4) is 0 Å². The van der Waals surface area contributed by atoms with Gasteiger partial charge in [-0.05, 0) is 43.3 Å². The molecule has 0 aliphatic carbocycles. The number of sulfonamides is 1. The molecule has 0 fully saturated rings. The van der Waals surface area contributed by atoms with Gasteiger partial charge in [-0.2, -0.15) is 5.10 Å². The minimum absolute atomic E-state index is 0.0696. The number of pyridine rings is 1. The van der Waals surface area contributed by atoms with Crippen molar-refractivity contribution < 1.29 is 17.5 Å². The van der Waals surface area contributed by atoms with E-state index in [9.17, 15) is 17.6 Å². The third-order valence-corrected chi connectivity index (χ3v) is 6.60. The fourth-order valence-corrected chi connectivity index (χ4v) is 4.20. The van der Waals surface area contributed by atoms with Gasteiger partial charge in [0.05, 0.1) is 16.2 Å². The second kappa shape index (κ2) is 8.53. The maximum Gasteiger partial charge on any atom is 0.261 e. The Hall–Kier alpha value is -3.37. The van der Waals surface area contributed by atoms with E-state index in [1.165, 1.54) is 28.3 Å². The summed E-state index contributed by atoms with van der Waals surface area (Å²) < 4.78 is 49.2. The molecule has 2 aromatic carbocycles. The molecule has 0 aliphatic rings. The molecule has 0 bridgehead atoms. The zero-order chi connectivity index (χ0) is 23.9. The van der Waals surface area contributed by atoms with E-state index in [0.29, 0.717) is 33.5 Å². The molecule has 1 N–H and O–H groups in total. The van der Waals surface area contributed by atoms with Gasteiger partial charge in [-0.3, -0.25) is 14.2 Å². The lowest BCUT2D eigenvalue weighted by atomic mass is 10.0. The Morgan fingerprint density at radius 3 is 2.52 bits per heavy atom. The number of nitrogens with one attached hydrogen (secondary N) is 1. The van der Waals surface area contributed by atoms with Crippen molar-refractivity contribution in [1.29, 1.82) is 0 Å². The van der Waals surface area contributed by atoms with Crippen LogP contribution in [0.2, 0.25) is 5.02 Å². The van der Waals surface area contributed by atoms with Crippen LogP contribution in [0.15, 0.2) is 53.6 Å². The average molecular weight is 491 g/mol. The van der Waals surface area contributed by atoms with Crippen LogP contribution in [-0.4, -0.2) is 28.5 Å². The molecule has 0 unspecified atom stereocenters. The van der Waals surface area contributed by atoms with Crippen LogP contribution in [-0.2, 0) is 24.1 Å². The number of hydrogen-bond acceptors (Lipinski definition) is 5. The summed E-state index contributed by atoms with van der Waals surface area (Å²) in [4.78, 5) is 12.6. The summed E-state index contributed by atoms with van der Waals surface area (Å²) in [6, 6.07) is 8.45. The van der Waals surface area contributed by atoms with E-state index in [4.69, 9.17) is 16.3 Å². The second-order valence-corrected chi connectivity index (χ2v) is 9.84. The minimum Gasteiger partial charge on any atom is -0.455 e. The van der Waals surface area contributed by atoms with Crippen molar-refractivity contribution in [2.24, 2.45) is 14.1 Å². The molecule has 2 heterocycles. The van der Waals surface area contributed by atoms with Gasteiger partial charge in [-0.25, -0.2) is 12.8 Å². The Morgan fingerprint density at radius 2 is 1.82 bits per heavy atom. The van der Waals surface area contributed by atoms with Gasteiger partial charge in [0.1, 0.15) is 22.8 Å². The summed E-state index contributed by atoms with van der Waals surface area (Å²) in [7, 11) is -0.227. The smallest absolute Gasteiger partial charge is 0.261 e. The number of aromatic nitrogens is 3. The summed E-state index contributed by atoms with van der Waals surface area (Å²) >= 11 is 6.14. The van der Waals surface area contributed by atoms with Gasteiger partial charge in [0.15, 0.2) is 0 Å². The van der Waals surface area contributed by atoms with Gasteiger partial charge in [0.25, 0.3) is 5.56 Å². The maximum absolute atomic E-state index is 13.5. The monoisotopic (exact) mass is 490 g/mol. The first-order chi connectivity index (χ1) is 15.6. The number of hydrogen-bond donors (Lipinski definition) is 1. The van der Waals surface area contributed by atoms with Crippen molar-refractivity contribution in [3.63, 3.8) is 0 Å². The zero-order valence-corrected chi connectivity index (χ0v) is 19.5. The number of ether oxygens (including phenoxy) is 1. The van der Waals surface area contributed by atoms with Gasteiger partial charge in [0, 0.05) is 43.3 Å². The lowest BCUT2D eigenvalue weighted by Gasteiger charge is -2.16. The molecule has 8 nitrogen and oxygen atoms in total. The lowest BCUT2D eigenvalue weighted by Crippen LogP contribution is -2.16. The molecule has 0 aliphatic heterocycles.